The molecule has 0 fully saturated rings. The van der Waals surface area contributed by atoms with Crippen LogP contribution in [0.4, 0.5) is 5.69 Å². The first kappa shape index (κ1) is 11.3. The summed E-state index contributed by atoms with van der Waals surface area (Å²) in [5.41, 5.74) is 2.25. The third-order valence-electron chi connectivity index (χ3n) is 2.26. The van der Waals surface area contributed by atoms with E-state index < -0.39 is 0 Å². The van der Waals surface area contributed by atoms with Gasteiger partial charge in [-0.3, -0.25) is 9.89 Å². The van der Waals surface area contributed by atoms with Crippen molar-refractivity contribution in [2.24, 2.45) is 0 Å². The maximum absolute atomic E-state index is 11.7. The fraction of sp³-hybridized carbons (Fsp3) is 0.167. The topological polar surface area (TPSA) is 67.0 Å². The van der Waals surface area contributed by atoms with Gasteiger partial charge in [-0.15, -0.1) is 0 Å². The van der Waals surface area contributed by atoms with Crippen molar-refractivity contribution in [3.8, 4) is 0 Å². The van der Waals surface area contributed by atoms with Crippen LogP contribution in [0.5, 0.6) is 0 Å². The van der Waals surface area contributed by atoms with Crippen molar-refractivity contribution >= 4 is 11.6 Å². The number of aromatic amines is 1. The number of amides is 1. The second-order valence-electron chi connectivity index (χ2n) is 3.57. The Morgan fingerprint density at radius 1 is 1.53 bits per heavy atom. The van der Waals surface area contributed by atoms with Crippen molar-refractivity contribution in [2.45, 2.75) is 6.61 Å². The molecule has 2 aromatic rings. The predicted octanol–water partition coefficient (Wildman–Crippen LogP) is 1.81. The lowest BCUT2D eigenvalue weighted by Crippen LogP contribution is -2.11. The van der Waals surface area contributed by atoms with E-state index in [0.717, 1.165) is 11.3 Å². The molecule has 1 aromatic heterocycles. The van der Waals surface area contributed by atoms with Gasteiger partial charge in [0.2, 0.25) is 0 Å². The van der Waals surface area contributed by atoms with Crippen LogP contribution in [0, 0.1) is 0 Å². The monoisotopic (exact) mass is 231 g/mol. The minimum Gasteiger partial charge on any atom is -0.380 e. The Morgan fingerprint density at radius 2 is 2.41 bits per heavy atom. The second kappa shape index (κ2) is 5.27. The average molecular weight is 231 g/mol. The Kier molecular flexibility index (Phi) is 3.52. The van der Waals surface area contributed by atoms with E-state index in [2.05, 4.69) is 15.5 Å². The highest BCUT2D eigenvalue weighted by molar-refractivity contribution is 6.03. The number of aromatic nitrogens is 2. The van der Waals surface area contributed by atoms with Crippen molar-refractivity contribution in [1.82, 2.24) is 10.2 Å². The van der Waals surface area contributed by atoms with E-state index in [1.807, 2.05) is 24.3 Å². The summed E-state index contributed by atoms with van der Waals surface area (Å²) in [6.45, 7) is 0.523. The van der Waals surface area contributed by atoms with Gasteiger partial charge in [0.25, 0.3) is 5.91 Å². The number of carbonyl (C=O) groups is 1. The molecular weight excluding hydrogens is 218 g/mol. The number of hydrogen-bond acceptors (Lipinski definition) is 3. The standard InChI is InChI=1S/C12H13N3O2/c1-17-8-9-3-2-4-11(5-9)15-12(16)10-6-13-14-7-10/h2-7H,8H2,1H3,(H,13,14)(H,15,16). The Labute approximate surface area is 98.8 Å². The van der Waals surface area contributed by atoms with Crippen LogP contribution in [0.25, 0.3) is 0 Å². The average Bonchev–Trinajstić information content (AvgIpc) is 2.83. The van der Waals surface area contributed by atoms with Crippen LogP contribution < -0.4 is 5.32 Å². The number of nitrogens with zero attached hydrogens (tertiary/aromatic N) is 1. The van der Waals surface area contributed by atoms with Crippen LogP contribution in [0.1, 0.15) is 15.9 Å². The molecule has 0 aliphatic heterocycles. The molecule has 1 aromatic carbocycles. The quantitative estimate of drug-likeness (QED) is 0.843. The van der Waals surface area contributed by atoms with Gasteiger partial charge in [-0.2, -0.15) is 5.10 Å². The number of carbonyl (C=O) groups excluding carboxylic acids is 1. The molecule has 0 saturated heterocycles. The first-order valence-corrected chi connectivity index (χ1v) is 5.17. The summed E-state index contributed by atoms with van der Waals surface area (Å²) in [7, 11) is 1.64. The van der Waals surface area contributed by atoms with E-state index in [-0.39, 0.29) is 5.91 Å². The molecule has 0 aliphatic carbocycles. The van der Waals surface area contributed by atoms with E-state index in [9.17, 15) is 4.79 Å². The minimum absolute atomic E-state index is 0.187. The van der Waals surface area contributed by atoms with Crippen LogP contribution in [0.2, 0.25) is 0 Å². The summed E-state index contributed by atoms with van der Waals surface area (Å²) in [6, 6.07) is 7.52. The van der Waals surface area contributed by atoms with Gasteiger partial charge in [0, 0.05) is 19.0 Å². The molecule has 17 heavy (non-hydrogen) atoms. The summed E-state index contributed by atoms with van der Waals surface area (Å²) in [4.78, 5) is 11.7. The van der Waals surface area contributed by atoms with Crippen molar-refractivity contribution < 1.29 is 9.53 Å². The number of benzene rings is 1. The molecule has 0 radical (unpaired) electrons. The highest BCUT2D eigenvalue weighted by atomic mass is 16.5. The van der Waals surface area contributed by atoms with Gasteiger partial charge in [-0.05, 0) is 17.7 Å². The second-order valence-corrected chi connectivity index (χ2v) is 3.57. The predicted molar refractivity (Wildman–Crippen MR) is 63.7 cm³/mol. The Hall–Kier alpha value is -2.14. The van der Waals surface area contributed by atoms with Crippen molar-refractivity contribution in [2.75, 3.05) is 12.4 Å². The number of nitrogens with one attached hydrogen (secondary N) is 2. The van der Waals surface area contributed by atoms with Gasteiger partial charge >= 0.3 is 0 Å². The van der Waals surface area contributed by atoms with E-state index in [4.69, 9.17) is 4.74 Å². The van der Waals surface area contributed by atoms with E-state index in [0.29, 0.717) is 12.2 Å². The molecule has 0 spiro atoms. The highest BCUT2D eigenvalue weighted by Gasteiger charge is 2.06. The molecular formula is C12H13N3O2. The van der Waals surface area contributed by atoms with E-state index in [1.54, 1.807) is 13.3 Å². The molecule has 1 amide bonds. The van der Waals surface area contributed by atoms with Gasteiger partial charge in [-0.25, -0.2) is 0 Å². The Morgan fingerprint density at radius 3 is 3.12 bits per heavy atom. The first-order valence-electron chi connectivity index (χ1n) is 5.17. The summed E-state index contributed by atoms with van der Waals surface area (Å²) < 4.78 is 5.03. The summed E-state index contributed by atoms with van der Waals surface area (Å²) in [5, 5.41) is 9.11. The van der Waals surface area contributed by atoms with Crippen LogP contribution in [0.3, 0.4) is 0 Å². The van der Waals surface area contributed by atoms with Gasteiger partial charge in [0.1, 0.15) is 0 Å². The lowest BCUT2D eigenvalue weighted by atomic mass is 10.2. The Bertz CT molecular complexity index is 494. The first-order chi connectivity index (χ1) is 8.29. The molecule has 5 nitrogen and oxygen atoms in total. The smallest absolute Gasteiger partial charge is 0.258 e. The third-order valence-corrected chi connectivity index (χ3v) is 2.26. The van der Waals surface area contributed by atoms with E-state index >= 15 is 0 Å². The molecule has 0 aliphatic rings. The number of methoxy groups -OCH3 is 1. The largest absolute Gasteiger partial charge is 0.380 e. The fourth-order valence-corrected chi connectivity index (χ4v) is 1.48. The molecule has 5 heteroatoms. The zero-order valence-corrected chi connectivity index (χ0v) is 9.43. The molecule has 88 valence electrons. The van der Waals surface area contributed by atoms with Gasteiger partial charge in [0.05, 0.1) is 18.4 Å². The summed E-state index contributed by atoms with van der Waals surface area (Å²) >= 11 is 0. The fourth-order valence-electron chi connectivity index (χ4n) is 1.48. The highest BCUT2D eigenvalue weighted by Crippen LogP contribution is 2.12. The lowest BCUT2D eigenvalue weighted by molar-refractivity contribution is 0.102. The molecule has 0 bridgehead atoms. The van der Waals surface area contributed by atoms with E-state index in [1.165, 1.54) is 6.20 Å². The number of rotatable bonds is 4. The summed E-state index contributed by atoms with van der Waals surface area (Å²) in [5.74, 6) is -0.187. The van der Waals surface area contributed by atoms with Gasteiger partial charge in [-0.1, -0.05) is 12.1 Å². The molecule has 0 unspecified atom stereocenters. The zero-order chi connectivity index (χ0) is 12.1. The summed E-state index contributed by atoms with van der Waals surface area (Å²) in [6.07, 6.45) is 3.03. The zero-order valence-electron chi connectivity index (χ0n) is 9.43. The normalized spacial score (nSPS) is 10.2. The van der Waals surface area contributed by atoms with Crippen LogP contribution in [-0.4, -0.2) is 23.2 Å². The number of H-pyrrole nitrogens is 1. The van der Waals surface area contributed by atoms with Crippen LogP contribution in [-0.2, 0) is 11.3 Å². The molecule has 1 heterocycles. The SMILES string of the molecule is COCc1cccc(NC(=O)c2cn[nH]c2)c1. The number of hydrogen-bond donors (Lipinski definition) is 2. The molecule has 0 saturated carbocycles. The maximum Gasteiger partial charge on any atom is 0.258 e. The molecule has 2 rings (SSSR count). The van der Waals surface area contributed by atoms with Crippen molar-refractivity contribution in [3.05, 3.63) is 47.8 Å². The third kappa shape index (κ3) is 2.92. The molecule has 0 atom stereocenters. The minimum atomic E-state index is -0.187. The van der Waals surface area contributed by atoms with Crippen molar-refractivity contribution in [1.29, 1.82) is 0 Å². The van der Waals surface area contributed by atoms with Crippen molar-refractivity contribution in [3.63, 3.8) is 0 Å². The number of ether oxygens (including phenoxy) is 1. The maximum atomic E-state index is 11.7. The van der Waals surface area contributed by atoms with Gasteiger partial charge in [0.15, 0.2) is 0 Å². The van der Waals surface area contributed by atoms with Crippen LogP contribution >= 0.6 is 0 Å². The van der Waals surface area contributed by atoms with Gasteiger partial charge < -0.3 is 10.1 Å². The number of anilines is 1. The van der Waals surface area contributed by atoms with Crippen LogP contribution in [0.15, 0.2) is 36.7 Å². The lowest BCUT2D eigenvalue weighted by Gasteiger charge is -2.05. The Balaban J connectivity index is 2.08. The molecule has 2 N–H and O–H groups in total.